The Bertz CT molecular complexity index is 785. The van der Waals surface area contributed by atoms with E-state index in [-0.39, 0.29) is 12.6 Å². The van der Waals surface area contributed by atoms with E-state index in [0.717, 1.165) is 10.8 Å². The van der Waals surface area contributed by atoms with E-state index >= 15 is 0 Å². The fourth-order valence-electron chi connectivity index (χ4n) is 1.90. The number of carbonyl (C=O) groups is 1. The standard InChI is InChI=1S/C17H15N3O2S/c1-12-2-4-14(5-3-12)19-17-20-15(11-23-17)10-22-16(21)13-6-8-18-9-7-13/h2-9,11H,10H2,1H3,(H,19,20). The number of esters is 1. The normalized spacial score (nSPS) is 10.3. The molecule has 23 heavy (non-hydrogen) atoms. The molecule has 0 aliphatic carbocycles. The van der Waals surface area contributed by atoms with Crippen molar-refractivity contribution in [2.75, 3.05) is 5.32 Å². The molecule has 3 aromatic rings. The third-order valence-corrected chi connectivity index (χ3v) is 3.93. The quantitative estimate of drug-likeness (QED) is 0.720. The van der Waals surface area contributed by atoms with Crippen LogP contribution in [-0.4, -0.2) is 15.9 Å². The zero-order chi connectivity index (χ0) is 16.1. The van der Waals surface area contributed by atoms with Gasteiger partial charge in [-0.3, -0.25) is 4.98 Å². The van der Waals surface area contributed by atoms with E-state index < -0.39 is 0 Å². The fraction of sp³-hybridized carbons (Fsp3) is 0.118. The minimum atomic E-state index is -0.381. The van der Waals surface area contributed by atoms with Gasteiger partial charge >= 0.3 is 5.97 Å². The summed E-state index contributed by atoms with van der Waals surface area (Å²) in [5.41, 5.74) is 3.38. The first kappa shape index (κ1) is 15.2. The predicted molar refractivity (Wildman–Crippen MR) is 89.9 cm³/mol. The summed E-state index contributed by atoms with van der Waals surface area (Å²) < 4.78 is 5.24. The van der Waals surface area contributed by atoms with Gasteiger partial charge in [-0.1, -0.05) is 17.7 Å². The maximum atomic E-state index is 11.9. The van der Waals surface area contributed by atoms with Crippen molar-refractivity contribution in [3.8, 4) is 0 Å². The molecule has 6 heteroatoms. The molecule has 116 valence electrons. The Morgan fingerprint density at radius 3 is 2.65 bits per heavy atom. The number of thiazole rings is 1. The SMILES string of the molecule is Cc1ccc(Nc2nc(COC(=O)c3ccncc3)cs2)cc1. The van der Waals surface area contributed by atoms with Gasteiger partial charge in [0.2, 0.25) is 0 Å². The minimum Gasteiger partial charge on any atom is -0.456 e. The second-order valence-electron chi connectivity index (χ2n) is 4.95. The van der Waals surface area contributed by atoms with Crippen LogP contribution in [-0.2, 0) is 11.3 Å². The lowest BCUT2D eigenvalue weighted by Gasteiger charge is -2.03. The number of pyridine rings is 1. The molecule has 0 aliphatic rings. The number of rotatable bonds is 5. The van der Waals surface area contributed by atoms with Gasteiger partial charge in [0.25, 0.3) is 0 Å². The van der Waals surface area contributed by atoms with Crippen LogP contribution in [0.5, 0.6) is 0 Å². The largest absolute Gasteiger partial charge is 0.456 e. The van der Waals surface area contributed by atoms with Crippen molar-refractivity contribution in [2.24, 2.45) is 0 Å². The Kier molecular flexibility index (Phi) is 4.63. The van der Waals surface area contributed by atoms with E-state index in [1.807, 2.05) is 36.6 Å². The predicted octanol–water partition coefficient (Wildman–Crippen LogP) is 3.95. The van der Waals surface area contributed by atoms with Crippen molar-refractivity contribution < 1.29 is 9.53 Å². The molecule has 0 unspecified atom stereocenters. The summed E-state index contributed by atoms with van der Waals surface area (Å²) in [5, 5.41) is 5.87. The van der Waals surface area contributed by atoms with Gasteiger partial charge in [-0.25, -0.2) is 9.78 Å². The highest BCUT2D eigenvalue weighted by atomic mass is 32.1. The lowest BCUT2D eigenvalue weighted by atomic mass is 10.2. The van der Waals surface area contributed by atoms with Crippen LogP contribution in [0.1, 0.15) is 21.6 Å². The molecule has 0 aliphatic heterocycles. The first-order valence-electron chi connectivity index (χ1n) is 7.06. The van der Waals surface area contributed by atoms with Gasteiger partial charge in [0.05, 0.1) is 11.3 Å². The van der Waals surface area contributed by atoms with Crippen LogP contribution in [0.3, 0.4) is 0 Å². The molecule has 1 N–H and O–H groups in total. The number of nitrogens with one attached hydrogen (secondary N) is 1. The maximum Gasteiger partial charge on any atom is 0.338 e. The third kappa shape index (κ3) is 4.14. The lowest BCUT2D eigenvalue weighted by Crippen LogP contribution is -2.05. The van der Waals surface area contributed by atoms with Crippen LogP contribution in [0, 0.1) is 6.92 Å². The Morgan fingerprint density at radius 2 is 1.91 bits per heavy atom. The van der Waals surface area contributed by atoms with Crippen molar-refractivity contribution in [3.63, 3.8) is 0 Å². The molecule has 5 nitrogen and oxygen atoms in total. The highest BCUT2D eigenvalue weighted by molar-refractivity contribution is 7.13. The summed E-state index contributed by atoms with van der Waals surface area (Å²) >= 11 is 1.47. The van der Waals surface area contributed by atoms with E-state index in [0.29, 0.717) is 11.3 Å². The van der Waals surface area contributed by atoms with E-state index in [1.165, 1.54) is 16.9 Å². The molecule has 0 radical (unpaired) electrons. The van der Waals surface area contributed by atoms with Gasteiger partial charge in [-0.05, 0) is 31.2 Å². The lowest BCUT2D eigenvalue weighted by molar-refractivity contribution is 0.0468. The summed E-state index contributed by atoms with van der Waals surface area (Å²) in [4.78, 5) is 20.1. The summed E-state index contributed by atoms with van der Waals surface area (Å²) in [6.07, 6.45) is 3.12. The zero-order valence-electron chi connectivity index (χ0n) is 12.5. The van der Waals surface area contributed by atoms with Crippen LogP contribution >= 0.6 is 11.3 Å². The Hall–Kier alpha value is -2.73. The van der Waals surface area contributed by atoms with E-state index in [1.54, 1.807) is 24.5 Å². The highest BCUT2D eigenvalue weighted by Crippen LogP contribution is 2.21. The molecule has 0 spiro atoms. The molecule has 0 amide bonds. The Balaban J connectivity index is 1.57. The van der Waals surface area contributed by atoms with E-state index in [4.69, 9.17) is 4.74 Å². The minimum absolute atomic E-state index is 0.146. The second-order valence-corrected chi connectivity index (χ2v) is 5.81. The van der Waals surface area contributed by atoms with Crippen LogP contribution in [0.2, 0.25) is 0 Å². The van der Waals surface area contributed by atoms with Crippen molar-refractivity contribution in [2.45, 2.75) is 13.5 Å². The summed E-state index contributed by atoms with van der Waals surface area (Å²) in [6.45, 7) is 2.19. The number of aryl methyl sites for hydroxylation is 1. The molecule has 2 aromatic heterocycles. The van der Waals surface area contributed by atoms with Crippen LogP contribution in [0.15, 0.2) is 54.2 Å². The van der Waals surface area contributed by atoms with Crippen LogP contribution < -0.4 is 5.32 Å². The Labute approximate surface area is 138 Å². The first-order valence-corrected chi connectivity index (χ1v) is 7.94. The molecule has 0 bridgehead atoms. The van der Waals surface area contributed by atoms with Gasteiger partial charge in [0, 0.05) is 23.5 Å². The third-order valence-electron chi connectivity index (χ3n) is 3.12. The average Bonchev–Trinajstić information content (AvgIpc) is 3.03. The summed E-state index contributed by atoms with van der Waals surface area (Å²) in [6, 6.07) is 11.3. The first-order chi connectivity index (χ1) is 11.2. The molecule has 0 saturated carbocycles. The molecular formula is C17H15N3O2S. The average molecular weight is 325 g/mol. The molecule has 0 saturated heterocycles. The molecule has 0 fully saturated rings. The van der Waals surface area contributed by atoms with Gasteiger partial charge in [-0.2, -0.15) is 0 Å². The molecule has 2 heterocycles. The number of benzene rings is 1. The number of hydrogen-bond acceptors (Lipinski definition) is 6. The van der Waals surface area contributed by atoms with Crippen molar-refractivity contribution >= 4 is 28.1 Å². The van der Waals surface area contributed by atoms with Gasteiger partial charge in [0.1, 0.15) is 6.61 Å². The number of nitrogens with zero attached hydrogens (tertiary/aromatic N) is 2. The fourth-order valence-corrected chi connectivity index (χ4v) is 2.62. The summed E-state index contributed by atoms with van der Waals surface area (Å²) in [7, 11) is 0. The smallest absolute Gasteiger partial charge is 0.338 e. The van der Waals surface area contributed by atoms with E-state index in [9.17, 15) is 4.79 Å². The number of hydrogen-bond donors (Lipinski definition) is 1. The van der Waals surface area contributed by atoms with Crippen LogP contribution in [0.25, 0.3) is 0 Å². The monoisotopic (exact) mass is 325 g/mol. The van der Waals surface area contributed by atoms with Gasteiger partial charge in [0.15, 0.2) is 5.13 Å². The van der Waals surface area contributed by atoms with Crippen molar-refractivity contribution in [1.82, 2.24) is 9.97 Å². The topological polar surface area (TPSA) is 64.1 Å². The number of anilines is 2. The maximum absolute atomic E-state index is 11.9. The molecular weight excluding hydrogens is 310 g/mol. The second kappa shape index (κ2) is 7.02. The zero-order valence-corrected chi connectivity index (χ0v) is 13.3. The number of aromatic nitrogens is 2. The molecule has 3 rings (SSSR count). The Morgan fingerprint density at radius 1 is 1.17 bits per heavy atom. The molecule has 1 aromatic carbocycles. The van der Waals surface area contributed by atoms with Crippen molar-refractivity contribution in [1.29, 1.82) is 0 Å². The van der Waals surface area contributed by atoms with E-state index in [2.05, 4.69) is 15.3 Å². The van der Waals surface area contributed by atoms with Crippen LogP contribution in [0.4, 0.5) is 10.8 Å². The van der Waals surface area contributed by atoms with Crippen molar-refractivity contribution in [3.05, 3.63) is 71.0 Å². The molecule has 0 atom stereocenters. The highest BCUT2D eigenvalue weighted by Gasteiger charge is 2.09. The summed E-state index contributed by atoms with van der Waals surface area (Å²) in [5.74, 6) is -0.381. The van der Waals surface area contributed by atoms with Gasteiger partial charge in [-0.15, -0.1) is 11.3 Å². The van der Waals surface area contributed by atoms with Gasteiger partial charge < -0.3 is 10.1 Å². The number of carbonyl (C=O) groups excluding carboxylic acids is 1. The number of ether oxygens (including phenoxy) is 1.